The summed E-state index contributed by atoms with van der Waals surface area (Å²) in [4.78, 5) is 24.3. The van der Waals surface area contributed by atoms with Gasteiger partial charge in [-0.15, -0.1) is 0 Å². The van der Waals surface area contributed by atoms with Crippen LogP contribution < -0.4 is 0 Å². The molecule has 0 aliphatic heterocycles. The number of ketones is 1. The summed E-state index contributed by atoms with van der Waals surface area (Å²) in [6.45, 7) is 0. The molecule has 4 nitrogen and oxygen atoms in total. The van der Waals surface area contributed by atoms with Crippen molar-refractivity contribution in [2.24, 2.45) is 0 Å². The maximum Gasteiger partial charge on any atom is 0.231 e. The fourth-order valence-electron chi connectivity index (χ4n) is 1.74. The van der Waals surface area contributed by atoms with E-state index in [1.165, 1.54) is 0 Å². The fraction of sp³-hybridized carbons (Fsp3) is 0. The van der Waals surface area contributed by atoms with E-state index in [2.05, 4.69) is 15.0 Å². The van der Waals surface area contributed by atoms with Gasteiger partial charge in [0.15, 0.2) is 0 Å². The van der Waals surface area contributed by atoms with Gasteiger partial charge in [0.05, 0.1) is 5.52 Å². The van der Waals surface area contributed by atoms with Crippen molar-refractivity contribution in [1.82, 2.24) is 15.0 Å². The molecular weight excluding hydrogens is 226 g/mol. The van der Waals surface area contributed by atoms with E-state index in [0.29, 0.717) is 5.56 Å². The number of benzene rings is 1. The van der Waals surface area contributed by atoms with Crippen LogP contribution in [0.2, 0.25) is 0 Å². The molecule has 0 aliphatic carbocycles. The van der Waals surface area contributed by atoms with Gasteiger partial charge in [0.1, 0.15) is 0 Å². The Morgan fingerprint density at radius 3 is 2.56 bits per heavy atom. The molecule has 1 aromatic carbocycles. The van der Waals surface area contributed by atoms with Gasteiger partial charge in [0, 0.05) is 29.5 Å². The summed E-state index contributed by atoms with van der Waals surface area (Å²) < 4.78 is 0. The van der Waals surface area contributed by atoms with E-state index in [-0.39, 0.29) is 11.6 Å². The minimum atomic E-state index is -0.214. The van der Waals surface area contributed by atoms with Crippen molar-refractivity contribution in [2.75, 3.05) is 0 Å². The highest BCUT2D eigenvalue weighted by Crippen LogP contribution is 2.14. The third-order valence-electron chi connectivity index (χ3n) is 2.62. The molecule has 0 radical (unpaired) electrons. The molecule has 0 saturated carbocycles. The minimum Gasteiger partial charge on any atom is -0.285 e. The van der Waals surface area contributed by atoms with Crippen LogP contribution in [-0.4, -0.2) is 20.7 Å². The van der Waals surface area contributed by atoms with Gasteiger partial charge in [-0.25, -0.2) is 9.97 Å². The van der Waals surface area contributed by atoms with E-state index >= 15 is 0 Å². The summed E-state index contributed by atoms with van der Waals surface area (Å²) >= 11 is 0. The van der Waals surface area contributed by atoms with Crippen LogP contribution in [0.25, 0.3) is 10.9 Å². The number of aromatic nitrogens is 3. The molecule has 18 heavy (non-hydrogen) atoms. The summed E-state index contributed by atoms with van der Waals surface area (Å²) in [5.74, 6) is -0.0246. The number of hydrogen-bond acceptors (Lipinski definition) is 4. The normalized spacial score (nSPS) is 10.4. The summed E-state index contributed by atoms with van der Waals surface area (Å²) in [6.07, 6.45) is 4.66. The van der Waals surface area contributed by atoms with E-state index < -0.39 is 0 Å². The van der Waals surface area contributed by atoms with Gasteiger partial charge in [-0.05, 0) is 18.2 Å². The van der Waals surface area contributed by atoms with Crippen molar-refractivity contribution >= 4 is 16.7 Å². The molecule has 3 aromatic rings. The second-order valence-electron chi connectivity index (χ2n) is 3.82. The van der Waals surface area contributed by atoms with Crippen LogP contribution in [0, 0.1) is 0 Å². The Labute approximate surface area is 103 Å². The van der Waals surface area contributed by atoms with Crippen molar-refractivity contribution in [3.05, 3.63) is 66.4 Å². The van der Waals surface area contributed by atoms with Crippen molar-refractivity contribution in [1.29, 1.82) is 0 Å². The highest BCUT2D eigenvalue weighted by atomic mass is 16.1. The lowest BCUT2D eigenvalue weighted by Crippen LogP contribution is -2.06. The molecule has 86 valence electrons. The maximum absolute atomic E-state index is 12.1. The van der Waals surface area contributed by atoms with E-state index in [1.54, 1.807) is 30.7 Å². The predicted octanol–water partition coefficient (Wildman–Crippen LogP) is 2.26. The zero-order valence-corrected chi connectivity index (χ0v) is 9.45. The van der Waals surface area contributed by atoms with E-state index in [1.807, 2.05) is 24.3 Å². The van der Waals surface area contributed by atoms with Crippen LogP contribution in [0.4, 0.5) is 0 Å². The van der Waals surface area contributed by atoms with E-state index in [4.69, 9.17) is 0 Å². The number of pyridine rings is 1. The van der Waals surface area contributed by atoms with Gasteiger partial charge in [-0.3, -0.25) is 9.78 Å². The third kappa shape index (κ3) is 1.84. The molecule has 0 unspecified atom stereocenters. The van der Waals surface area contributed by atoms with Crippen LogP contribution >= 0.6 is 0 Å². The number of hydrogen-bond donors (Lipinski definition) is 0. The topological polar surface area (TPSA) is 55.7 Å². The first kappa shape index (κ1) is 10.5. The summed E-state index contributed by atoms with van der Waals surface area (Å²) in [7, 11) is 0. The zero-order chi connectivity index (χ0) is 12.4. The molecule has 0 spiro atoms. The number of carbonyl (C=O) groups is 1. The molecule has 0 aliphatic rings. The molecule has 2 heterocycles. The van der Waals surface area contributed by atoms with Gasteiger partial charge >= 0.3 is 0 Å². The van der Waals surface area contributed by atoms with E-state index in [9.17, 15) is 4.79 Å². The van der Waals surface area contributed by atoms with Gasteiger partial charge < -0.3 is 0 Å². The Balaban J connectivity index is 2.07. The Bertz CT molecular complexity index is 710. The monoisotopic (exact) mass is 235 g/mol. The maximum atomic E-state index is 12.1. The lowest BCUT2D eigenvalue weighted by molar-refractivity contribution is 0.102. The van der Waals surface area contributed by atoms with Gasteiger partial charge in [0.25, 0.3) is 0 Å². The average molecular weight is 235 g/mol. The molecule has 2 aromatic heterocycles. The van der Waals surface area contributed by atoms with Crippen LogP contribution in [-0.2, 0) is 0 Å². The molecule has 0 atom stereocenters. The fourth-order valence-corrected chi connectivity index (χ4v) is 1.74. The number of para-hydroxylation sites is 1. The molecular formula is C14H9N3O. The lowest BCUT2D eigenvalue weighted by Gasteiger charge is -2.01. The number of fused-ring (bicyclic) bond motifs is 1. The molecule has 0 N–H and O–H groups in total. The number of rotatable bonds is 2. The first-order valence-electron chi connectivity index (χ1n) is 5.51. The van der Waals surface area contributed by atoms with Gasteiger partial charge in [0.2, 0.25) is 11.6 Å². The number of nitrogens with zero attached hydrogens (tertiary/aromatic N) is 3. The standard InChI is InChI=1S/C14H9N3O/c18-13(14-15-6-3-7-16-14)11-8-10-4-1-2-5-12(10)17-9-11/h1-9H. The minimum absolute atomic E-state index is 0.189. The van der Waals surface area contributed by atoms with Crippen LogP contribution in [0.1, 0.15) is 16.2 Å². The summed E-state index contributed by atoms with van der Waals surface area (Å²) in [5, 5.41) is 0.930. The molecule has 0 fully saturated rings. The number of carbonyl (C=O) groups excluding carboxylic acids is 1. The molecule has 4 heteroatoms. The first-order chi connectivity index (χ1) is 8.84. The SMILES string of the molecule is O=C(c1cnc2ccccc2c1)c1ncccn1. The Morgan fingerprint density at radius 1 is 0.944 bits per heavy atom. The molecule has 0 saturated heterocycles. The largest absolute Gasteiger partial charge is 0.285 e. The highest BCUT2D eigenvalue weighted by molar-refractivity contribution is 6.07. The highest BCUT2D eigenvalue weighted by Gasteiger charge is 2.12. The zero-order valence-electron chi connectivity index (χ0n) is 9.45. The predicted molar refractivity (Wildman–Crippen MR) is 67.2 cm³/mol. The van der Waals surface area contributed by atoms with Crippen LogP contribution in [0.3, 0.4) is 0 Å². The van der Waals surface area contributed by atoms with Crippen molar-refractivity contribution < 1.29 is 4.79 Å². The molecule has 3 rings (SSSR count). The van der Waals surface area contributed by atoms with Gasteiger partial charge in [-0.1, -0.05) is 18.2 Å². The molecule has 0 bridgehead atoms. The Hall–Kier alpha value is -2.62. The summed E-state index contributed by atoms with van der Waals surface area (Å²) in [5.41, 5.74) is 1.36. The summed E-state index contributed by atoms with van der Waals surface area (Å²) in [6, 6.07) is 11.1. The Morgan fingerprint density at radius 2 is 1.72 bits per heavy atom. The van der Waals surface area contributed by atoms with Crippen molar-refractivity contribution in [3.63, 3.8) is 0 Å². The van der Waals surface area contributed by atoms with Gasteiger partial charge in [-0.2, -0.15) is 0 Å². The third-order valence-corrected chi connectivity index (χ3v) is 2.62. The Kier molecular flexibility index (Phi) is 2.53. The van der Waals surface area contributed by atoms with Crippen molar-refractivity contribution in [2.45, 2.75) is 0 Å². The smallest absolute Gasteiger partial charge is 0.231 e. The average Bonchev–Trinajstić information content (AvgIpc) is 2.47. The molecule has 0 amide bonds. The second-order valence-corrected chi connectivity index (χ2v) is 3.82. The second kappa shape index (κ2) is 4.33. The van der Waals surface area contributed by atoms with Crippen molar-refractivity contribution in [3.8, 4) is 0 Å². The first-order valence-corrected chi connectivity index (χ1v) is 5.51. The van der Waals surface area contributed by atoms with E-state index in [0.717, 1.165) is 10.9 Å². The van der Waals surface area contributed by atoms with Crippen LogP contribution in [0.5, 0.6) is 0 Å². The van der Waals surface area contributed by atoms with Crippen LogP contribution in [0.15, 0.2) is 55.0 Å². The lowest BCUT2D eigenvalue weighted by atomic mass is 10.1. The quantitative estimate of drug-likeness (QED) is 0.639.